The van der Waals surface area contributed by atoms with Crippen molar-refractivity contribution >= 4 is 29.9 Å². The van der Waals surface area contributed by atoms with Crippen LogP contribution in [0.25, 0.3) is 0 Å². The zero-order chi connectivity index (χ0) is 12.9. The molecule has 0 heterocycles. The van der Waals surface area contributed by atoms with E-state index in [1.165, 1.54) is 6.42 Å². The van der Waals surface area contributed by atoms with E-state index in [0.717, 1.165) is 50.5 Å². The summed E-state index contributed by atoms with van der Waals surface area (Å²) >= 11 is 0. The van der Waals surface area contributed by atoms with Gasteiger partial charge in [0.05, 0.1) is 6.61 Å². The first-order valence-corrected chi connectivity index (χ1v) is 7.12. The SMILES string of the molecule is CCCCC=C(CCCC)C(=O)OCCCC.[SnH4]. The van der Waals surface area contributed by atoms with Crippen LogP contribution in [0.15, 0.2) is 11.6 Å². The van der Waals surface area contributed by atoms with Crippen LogP contribution in [0.2, 0.25) is 0 Å². The van der Waals surface area contributed by atoms with Crippen LogP contribution in [-0.2, 0) is 9.53 Å². The van der Waals surface area contributed by atoms with Crippen molar-refractivity contribution in [1.29, 1.82) is 0 Å². The number of esters is 1. The molecule has 0 saturated heterocycles. The number of unbranched alkanes of at least 4 members (excludes halogenated alkanes) is 4. The topological polar surface area (TPSA) is 26.3 Å². The predicted octanol–water partition coefficient (Wildman–Crippen LogP) is 3.18. The van der Waals surface area contributed by atoms with E-state index in [1.54, 1.807) is 0 Å². The summed E-state index contributed by atoms with van der Waals surface area (Å²) < 4.78 is 5.27. The molecule has 0 aliphatic rings. The van der Waals surface area contributed by atoms with Gasteiger partial charge in [0.15, 0.2) is 0 Å². The Kier molecular flexibility index (Phi) is 17.0. The van der Waals surface area contributed by atoms with Crippen molar-refractivity contribution in [1.82, 2.24) is 0 Å². The molecule has 0 spiro atoms. The maximum absolute atomic E-state index is 11.8. The van der Waals surface area contributed by atoms with Crippen LogP contribution in [0.5, 0.6) is 0 Å². The molecule has 0 amide bonds. The molecule has 18 heavy (non-hydrogen) atoms. The average Bonchev–Trinajstić information content (AvgIpc) is 2.33. The summed E-state index contributed by atoms with van der Waals surface area (Å²) in [5.74, 6) is -0.0944. The van der Waals surface area contributed by atoms with Gasteiger partial charge in [-0.3, -0.25) is 0 Å². The summed E-state index contributed by atoms with van der Waals surface area (Å²) in [6, 6.07) is 0. The van der Waals surface area contributed by atoms with Crippen molar-refractivity contribution in [2.75, 3.05) is 6.61 Å². The van der Waals surface area contributed by atoms with Gasteiger partial charge in [-0.1, -0.05) is 52.5 Å². The van der Waals surface area contributed by atoms with Crippen LogP contribution in [0.4, 0.5) is 0 Å². The Balaban J connectivity index is 0. The van der Waals surface area contributed by atoms with Crippen LogP contribution in [0.1, 0.15) is 72.1 Å². The number of carbonyl (C=O) groups excluding carboxylic acids is 1. The molecule has 0 aromatic rings. The number of rotatable bonds is 10. The molecular formula is C15H32O2Sn. The molecule has 0 atom stereocenters. The minimum absolute atomic E-state index is 0. The van der Waals surface area contributed by atoms with Crippen molar-refractivity contribution in [2.24, 2.45) is 0 Å². The monoisotopic (exact) mass is 364 g/mol. The van der Waals surface area contributed by atoms with Crippen molar-refractivity contribution < 1.29 is 9.53 Å². The molecule has 0 bridgehead atoms. The van der Waals surface area contributed by atoms with E-state index < -0.39 is 0 Å². The number of hydrogen-bond acceptors (Lipinski definition) is 2. The number of hydrogen-bond donors (Lipinski definition) is 0. The molecule has 0 radical (unpaired) electrons. The molecule has 2 nitrogen and oxygen atoms in total. The number of carbonyl (C=O) groups is 1. The average molecular weight is 363 g/mol. The second-order valence-electron chi connectivity index (χ2n) is 4.46. The summed E-state index contributed by atoms with van der Waals surface area (Å²) in [6.07, 6.45) is 10.5. The zero-order valence-electron chi connectivity index (χ0n) is 11.8. The van der Waals surface area contributed by atoms with Gasteiger partial charge in [0, 0.05) is 5.57 Å². The Bertz CT molecular complexity index is 225. The third kappa shape index (κ3) is 11.1. The van der Waals surface area contributed by atoms with Gasteiger partial charge in [-0.2, -0.15) is 0 Å². The Morgan fingerprint density at radius 3 is 2.17 bits per heavy atom. The number of allylic oxidation sites excluding steroid dienone is 1. The van der Waals surface area contributed by atoms with Crippen LogP contribution in [0, 0.1) is 0 Å². The van der Waals surface area contributed by atoms with E-state index in [0.29, 0.717) is 6.61 Å². The molecule has 0 N–H and O–H groups in total. The first-order valence-electron chi connectivity index (χ1n) is 7.12. The summed E-state index contributed by atoms with van der Waals surface area (Å²) in [5.41, 5.74) is 0.886. The molecule has 0 unspecified atom stereocenters. The molecule has 108 valence electrons. The first kappa shape index (κ1) is 20.3. The Labute approximate surface area is 130 Å². The van der Waals surface area contributed by atoms with E-state index in [4.69, 9.17) is 4.74 Å². The van der Waals surface area contributed by atoms with E-state index >= 15 is 0 Å². The second-order valence-corrected chi connectivity index (χ2v) is 4.46. The minimum atomic E-state index is -0.0944. The second kappa shape index (κ2) is 15.1. The van der Waals surface area contributed by atoms with Crippen LogP contribution in [-0.4, -0.2) is 36.5 Å². The van der Waals surface area contributed by atoms with Crippen molar-refractivity contribution in [2.45, 2.75) is 72.1 Å². The quantitative estimate of drug-likeness (QED) is 0.258. The molecule has 0 rings (SSSR count). The molecule has 0 aliphatic heterocycles. The maximum atomic E-state index is 11.8. The Hall–Kier alpha value is 0.00870. The Morgan fingerprint density at radius 1 is 1.00 bits per heavy atom. The van der Waals surface area contributed by atoms with Gasteiger partial charge in [0.2, 0.25) is 0 Å². The van der Waals surface area contributed by atoms with Crippen LogP contribution >= 0.6 is 0 Å². The molecule has 0 aromatic carbocycles. The van der Waals surface area contributed by atoms with E-state index in [1.807, 2.05) is 0 Å². The predicted molar refractivity (Wildman–Crippen MR) is 84.3 cm³/mol. The first-order chi connectivity index (χ1) is 8.26. The van der Waals surface area contributed by atoms with Crippen molar-refractivity contribution in [3.05, 3.63) is 11.6 Å². The van der Waals surface area contributed by atoms with Crippen LogP contribution in [0.3, 0.4) is 0 Å². The molecular weight excluding hydrogens is 331 g/mol. The molecule has 0 saturated carbocycles. The van der Waals surface area contributed by atoms with E-state index in [9.17, 15) is 4.79 Å². The van der Waals surface area contributed by atoms with E-state index in [2.05, 4.69) is 26.8 Å². The van der Waals surface area contributed by atoms with Crippen molar-refractivity contribution in [3.8, 4) is 0 Å². The molecule has 3 heteroatoms. The fraction of sp³-hybridized carbons (Fsp3) is 0.800. The third-order valence-corrected chi connectivity index (χ3v) is 2.74. The summed E-state index contributed by atoms with van der Waals surface area (Å²) in [4.78, 5) is 11.8. The number of ether oxygens (including phenoxy) is 1. The van der Waals surface area contributed by atoms with Gasteiger partial charge in [0.1, 0.15) is 0 Å². The Morgan fingerprint density at radius 2 is 1.61 bits per heavy atom. The summed E-state index contributed by atoms with van der Waals surface area (Å²) in [6.45, 7) is 6.97. The molecule has 0 aliphatic carbocycles. The van der Waals surface area contributed by atoms with Gasteiger partial charge in [-0.15, -0.1) is 0 Å². The fourth-order valence-electron chi connectivity index (χ4n) is 1.54. The van der Waals surface area contributed by atoms with Gasteiger partial charge < -0.3 is 4.74 Å². The third-order valence-electron chi connectivity index (χ3n) is 2.74. The van der Waals surface area contributed by atoms with Crippen LogP contribution < -0.4 is 0 Å². The van der Waals surface area contributed by atoms with Gasteiger partial charge in [0.25, 0.3) is 0 Å². The molecule has 0 aromatic heterocycles. The van der Waals surface area contributed by atoms with Gasteiger partial charge >= 0.3 is 29.9 Å². The molecule has 0 fully saturated rings. The normalized spacial score (nSPS) is 10.9. The fourth-order valence-corrected chi connectivity index (χ4v) is 1.54. The van der Waals surface area contributed by atoms with E-state index in [-0.39, 0.29) is 29.9 Å². The zero-order valence-corrected chi connectivity index (χ0v) is 11.8. The van der Waals surface area contributed by atoms with Crippen molar-refractivity contribution in [3.63, 3.8) is 0 Å². The summed E-state index contributed by atoms with van der Waals surface area (Å²) in [7, 11) is 0. The van der Waals surface area contributed by atoms with Gasteiger partial charge in [-0.05, 0) is 25.7 Å². The summed E-state index contributed by atoms with van der Waals surface area (Å²) in [5, 5.41) is 0. The van der Waals surface area contributed by atoms with Gasteiger partial charge in [-0.25, -0.2) is 4.79 Å². The standard InChI is InChI=1S/C15H28O2.Sn.4H/c1-4-7-10-12-14(11-8-5-2)15(16)17-13-9-6-3;;;;;/h12H,4-11,13H2,1-3H3;;;;;.